The Morgan fingerprint density at radius 3 is 1.93 bits per heavy atom. The van der Waals surface area contributed by atoms with Gasteiger partial charge in [-0.3, -0.25) is 0 Å². The zero-order valence-corrected chi connectivity index (χ0v) is 17.6. The van der Waals surface area contributed by atoms with Gasteiger partial charge in [-0.05, 0) is 74.1 Å². The molecule has 5 rings (SSSR count). The van der Waals surface area contributed by atoms with Crippen LogP contribution < -0.4 is 0 Å². The van der Waals surface area contributed by atoms with Crippen LogP contribution in [0.2, 0.25) is 0 Å². The first-order valence-corrected chi connectivity index (χ1v) is 10.2. The number of benzene rings is 3. The van der Waals surface area contributed by atoms with Gasteiger partial charge in [0.2, 0.25) is 0 Å². The highest BCUT2D eigenvalue weighted by Gasteiger charge is 2.29. The van der Waals surface area contributed by atoms with Crippen LogP contribution >= 0.6 is 0 Å². The van der Waals surface area contributed by atoms with Crippen molar-refractivity contribution in [3.8, 4) is 5.69 Å². The van der Waals surface area contributed by atoms with Gasteiger partial charge in [-0.1, -0.05) is 47.4 Å². The molecule has 1 nitrogen and oxygen atoms in total. The van der Waals surface area contributed by atoms with Gasteiger partial charge in [0.25, 0.3) is 0 Å². The first-order valence-electron chi connectivity index (χ1n) is 10.2. The molecule has 0 aliphatic heterocycles. The summed E-state index contributed by atoms with van der Waals surface area (Å²) in [4.78, 5) is 0. The summed E-state index contributed by atoms with van der Waals surface area (Å²) in [5.74, 6) is 0. The Morgan fingerprint density at radius 1 is 0.828 bits per heavy atom. The van der Waals surface area contributed by atoms with Gasteiger partial charge in [0.05, 0.1) is 16.7 Å². The Labute approximate surface area is 173 Å². The smallest absolute Gasteiger partial charge is 0.113 e. The Bertz CT molecular complexity index is 1330. The molecule has 1 aliphatic rings. The van der Waals surface area contributed by atoms with Crippen LogP contribution in [0.15, 0.2) is 66.2 Å². The number of fused-ring (bicyclic) bond motifs is 4. The average molecular weight is 373 g/mol. The van der Waals surface area contributed by atoms with Gasteiger partial charge in [-0.2, -0.15) is 0 Å². The predicted molar refractivity (Wildman–Crippen MR) is 126 cm³/mol. The van der Waals surface area contributed by atoms with E-state index < -0.39 is 0 Å². The van der Waals surface area contributed by atoms with Crippen molar-refractivity contribution in [3.05, 3.63) is 94.0 Å². The van der Waals surface area contributed by atoms with E-state index in [2.05, 4.69) is 87.4 Å². The van der Waals surface area contributed by atoms with Crippen molar-refractivity contribution in [2.75, 3.05) is 0 Å². The second-order valence-corrected chi connectivity index (χ2v) is 8.30. The predicted octanol–water partition coefficient (Wildman–Crippen LogP) is 6.72. The molecule has 29 heavy (non-hydrogen) atoms. The van der Waals surface area contributed by atoms with Crippen LogP contribution in [0.5, 0.6) is 0 Å². The summed E-state index contributed by atoms with van der Waals surface area (Å²) < 4.78 is 2.44. The third kappa shape index (κ3) is 2.35. The Morgan fingerprint density at radius 2 is 1.38 bits per heavy atom. The van der Waals surface area contributed by atoms with Crippen LogP contribution in [0.25, 0.3) is 33.1 Å². The molecule has 0 saturated carbocycles. The van der Waals surface area contributed by atoms with Gasteiger partial charge in [0, 0.05) is 16.3 Å². The number of hydrogen-bond donors (Lipinski definition) is 0. The maximum absolute atomic E-state index is 6.33. The van der Waals surface area contributed by atoms with Crippen molar-refractivity contribution in [1.82, 2.24) is 4.57 Å². The lowest BCUT2D eigenvalue weighted by molar-refractivity contribution is 1.07. The van der Waals surface area contributed by atoms with E-state index in [9.17, 15) is 0 Å². The second-order valence-electron chi connectivity index (χ2n) is 8.30. The minimum absolute atomic E-state index is 0.658. The van der Waals surface area contributed by atoms with E-state index in [1.165, 1.54) is 60.9 Å². The van der Waals surface area contributed by atoms with Gasteiger partial charge >= 0.3 is 0 Å². The minimum atomic E-state index is 0.658. The molecule has 1 aliphatic carbocycles. The van der Waals surface area contributed by atoms with Crippen LogP contribution in [0.4, 0.5) is 0 Å². The lowest BCUT2D eigenvalue weighted by atomic mass is 9.82. The van der Waals surface area contributed by atoms with Gasteiger partial charge in [0.1, 0.15) is 7.85 Å². The summed E-state index contributed by atoms with van der Waals surface area (Å²) in [6.07, 6.45) is 0.942. The number of hydrogen-bond acceptors (Lipinski definition) is 0. The fourth-order valence-electron chi connectivity index (χ4n) is 5.14. The number of aromatic nitrogens is 1. The highest BCUT2D eigenvalue weighted by Crippen LogP contribution is 2.46. The van der Waals surface area contributed by atoms with Crippen molar-refractivity contribution in [2.45, 2.75) is 34.1 Å². The summed E-state index contributed by atoms with van der Waals surface area (Å²) >= 11 is 0. The molecule has 0 saturated heterocycles. The van der Waals surface area contributed by atoms with Gasteiger partial charge in [-0.15, -0.1) is 6.58 Å². The SMILES string of the molecule is [B]C(=C)C1=C(C)Cc2c(C)c(C)c(C)c(-n3c4ccccc4c4ccccc43)c21. The van der Waals surface area contributed by atoms with Crippen LogP contribution in [0.3, 0.4) is 0 Å². The van der Waals surface area contributed by atoms with Crippen LogP contribution in [-0.2, 0) is 6.42 Å². The van der Waals surface area contributed by atoms with Gasteiger partial charge in [-0.25, -0.2) is 0 Å². The van der Waals surface area contributed by atoms with Crippen molar-refractivity contribution in [3.63, 3.8) is 0 Å². The van der Waals surface area contributed by atoms with Crippen molar-refractivity contribution < 1.29 is 0 Å². The Kier molecular flexibility index (Phi) is 3.89. The molecule has 1 heterocycles. The second kappa shape index (κ2) is 6.25. The van der Waals surface area contributed by atoms with E-state index in [0.29, 0.717) is 5.47 Å². The maximum atomic E-state index is 6.33. The van der Waals surface area contributed by atoms with E-state index in [-0.39, 0.29) is 0 Å². The third-order valence-corrected chi connectivity index (χ3v) is 6.71. The monoisotopic (exact) mass is 373 g/mol. The third-order valence-electron chi connectivity index (χ3n) is 6.71. The summed E-state index contributed by atoms with van der Waals surface area (Å²) in [7, 11) is 6.33. The fraction of sp³-hybridized carbons (Fsp3) is 0.185. The average Bonchev–Trinajstić information content (AvgIpc) is 3.23. The lowest BCUT2D eigenvalue weighted by Gasteiger charge is -2.23. The zero-order chi connectivity index (χ0) is 20.4. The van der Waals surface area contributed by atoms with Crippen molar-refractivity contribution in [2.24, 2.45) is 0 Å². The molecule has 2 heteroatoms. The lowest BCUT2D eigenvalue weighted by Crippen LogP contribution is -2.08. The molecule has 0 unspecified atom stereocenters. The van der Waals surface area contributed by atoms with E-state index in [4.69, 9.17) is 7.85 Å². The summed E-state index contributed by atoms with van der Waals surface area (Å²) in [6.45, 7) is 13.0. The quantitative estimate of drug-likeness (QED) is 0.344. The Balaban J connectivity index is 2.04. The number of nitrogens with zero attached hydrogens (tertiary/aromatic N) is 1. The summed E-state index contributed by atoms with van der Waals surface area (Å²) in [5.41, 5.74) is 13.5. The molecule has 0 amide bonds. The zero-order valence-electron chi connectivity index (χ0n) is 17.6. The fourth-order valence-corrected chi connectivity index (χ4v) is 5.14. The molecule has 140 valence electrons. The highest BCUT2D eigenvalue weighted by molar-refractivity contribution is 6.31. The molecule has 0 spiro atoms. The molecule has 0 atom stereocenters. The molecule has 4 aromatic rings. The van der Waals surface area contributed by atoms with E-state index in [0.717, 1.165) is 12.0 Å². The van der Waals surface area contributed by atoms with Gasteiger partial charge in [0.15, 0.2) is 0 Å². The van der Waals surface area contributed by atoms with Crippen molar-refractivity contribution in [1.29, 1.82) is 0 Å². The standard InChI is InChI=1S/C27H24BN/c1-15-14-22-17(3)16(2)18(4)27(26(22)25(15)19(5)28)29-23-12-8-6-10-20(23)21-11-7-9-13-24(21)29/h6-13H,5,14H2,1-4H3. The normalized spacial score (nSPS) is 13.5. The molecular formula is C27H24BN. The van der Waals surface area contributed by atoms with Crippen LogP contribution in [0.1, 0.15) is 34.7 Å². The van der Waals surface area contributed by atoms with Crippen LogP contribution in [-0.4, -0.2) is 12.4 Å². The largest absolute Gasteiger partial charge is 0.308 e. The van der Waals surface area contributed by atoms with E-state index in [1.807, 2.05) is 0 Å². The number of allylic oxidation sites excluding steroid dienone is 3. The minimum Gasteiger partial charge on any atom is -0.308 e. The molecule has 0 bridgehead atoms. The number of rotatable bonds is 2. The van der Waals surface area contributed by atoms with Gasteiger partial charge < -0.3 is 4.57 Å². The molecular weight excluding hydrogens is 349 g/mol. The van der Waals surface area contributed by atoms with E-state index in [1.54, 1.807) is 0 Å². The maximum Gasteiger partial charge on any atom is 0.113 e. The molecule has 1 aromatic heterocycles. The first-order chi connectivity index (χ1) is 13.9. The summed E-state index contributed by atoms with van der Waals surface area (Å²) in [5, 5.41) is 2.56. The first kappa shape index (κ1) is 18.1. The Hall–Kier alpha value is -3.00. The molecule has 0 N–H and O–H groups in total. The van der Waals surface area contributed by atoms with E-state index >= 15 is 0 Å². The number of para-hydroxylation sites is 2. The topological polar surface area (TPSA) is 4.93 Å². The molecule has 2 radical (unpaired) electrons. The molecule has 0 fully saturated rings. The van der Waals surface area contributed by atoms with Crippen molar-refractivity contribution >= 4 is 35.2 Å². The van der Waals surface area contributed by atoms with Crippen LogP contribution in [0, 0.1) is 20.8 Å². The highest BCUT2D eigenvalue weighted by atomic mass is 15.0. The molecule has 3 aromatic carbocycles. The summed E-state index contributed by atoms with van der Waals surface area (Å²) in [6, 6.07) is 17.4.